The molecule has 1 aliphatic rings. The number of ether oxygens (including phenoxy) is 2. The van der Waals surface area contributed by atoms with Crippen molar-refractivity contribution in [2.45, 2.75) is 16.8 Å². The average molecular weight is 477 g/mol. The Balaban J connectivity index is 1.36. The number of nitrogens with zero attached hydrogens (tertiary/aromatic N) is 3. The van der Waals surface area contributed by atoms with E-state index in [1.165, 1.54) is 31.4 Å². The van der Waals surface area contributed by atoms with Crippen LogP contribution in [0.4, 0.5) is 5.69 Å². The number of rotatable bonds is 8. The molecule has 0 spiro atoms. The van der Waals surface area contributed by atoms with Crippen molar-refractivity contribution in [1.29, 1.82) is 0 Å². The minimum absolute atomic E-state index is 0.0268. The van der Waals surface area contributed by atoms with Crippen LogP contribution >= 0.6 is 11.8 Å². The van der Waals surface area contributed by atoms with Gasteiger partial charge in [0, 0.05) is 24.4 Å². The molecule has 1 aromatic heterocycles. The third-order valence-electron chi connectivity index (χ3n) is 5.00. The highest BCUT2D eigenvalue weighted by Gasteiger charge is 2.40. The number of anilines is 1. The smallest absolute Gasteiger partial charge is 0.338 e. The summed E-state index contributed by atoms with van der Waals surface area (Å²) in [4.78, 5) is 59.1. The van der Waals surface area contributed by atoms with Crippen LogP contribution < -0.4 is 9.64 Å². The van der Waals surface area contributed by atoms with Crippen LogP contribution in [0.5, 0.6) is 5.75 Å². The van der Waals surface area contributed by atoms with Crippen LogP contribution in [0.15, 0.2) is 72.1 Å². The molecule has 10 heteroatoms. The first-order chi connectivity index (χ1) is 16.5. The third kappa shape index (κ3) is 5.12. The first kappa shape index (κ1) is 23.1. The minimum atomic E-state index is -0.692. The normalized spacial score (nSPS) is 15.3. The molecule has 0 N–H and O–H groups in total. The number of esters is 1. The summed E-state index contributed by atoms with van der Waals surface area (Å²) in [5, 5.41) is -0.207. The molecule has 1 fully saturated rings. The van der Waals surface area contributed by atoms with E-state index in [9.17, 15) is 19.2 Å². The van der Waals surface area contributed by atoms with Crippen molar-refractivity contribution >= 4 is 41.0 Å². The van der Waals surface area contributed by atoms with Gasteiger partial charge in [-0.1, -0.05) is 11.8 Å². The fourth-order valence-electron chi connectivity index (χ4n) is 3.26. The molecule has 0 bridgehead atoms. The van der Waals surface area contributed by atoms with Crippen LogP contribution in [0.3, 0.4) is 0 Å². The summed E-state index contributed by atoms with van der Waals surface area (Å²) in [5.41, 5.74) is 0.926. The predicted octanol–water partition coefficient (Wildman–Crippen LogP) is 2.95. The number of imide groups is 1. The molecule has 4 rings (SSSR count). The molecule has 1 aliphatic heterocycles. The molecular weight excluding hydrogens is 458 g/mol. The molecule has 1 atom stereocenters. The second kappa shape index (κ2) is 10.3. The van der Waals surface area contributed by atoms with Gasteiger partial charge in [0.15, 0.2) is 17.5 Å². The van der Waals surface area contributed by atoms with Crippen LogP contribution in [0.1, 0.15) is 27.1 Å². The molecular formula is C24H19N3O6S. The first-order valence-corrected chi connectivity index (χ1v) is 11.1. The molecule has 0 radical (unpaired) electrons. The Morgan fingerprint density at radius 3 is 2.29 bits per heavy atom. The summed E-state index contributed by atoms with van der Waals surface area (Å²) in [5.74, 6) is -1.16. The topological polar surface area (TPSA) is 116 Å². The lowest BCUT2D eigenvalue weighted by Crippen LogP contribution is -2.31. The monoisotopic (exact) mass is 477 g/mol. The van der Waals surface area contributed by atoms with Crippen molar-refractivity contribution in [2.75, 3.05) is 18.6 Å². The molecule has 2 heterocycles. The van der Waals surface area contributed by atoms with E-state index in [0.29, 0.717) is 22.2 Å². The van der Waals surface area contributed by atoms with Crippen LogP contribution in [-0.2, 0) is 14.3 Å². The molecule has 1 unspecified atom stereocenters. The highest BCUT2D eigenvalue weighted by molar-refractivity contribution is 8.00. The van der Waals surface area contributed by atoms with E-state index < -0.39 is 17.8 Å². The Labute approximate surface area is 199 Å². The van der Waals surface area contributed by atoms with E-state index >= 15 is 0 Å². The Hall–Kier alpha value is -4.05. The molecule has 9 nitrogen and oxygen atoms in total. The largest absolute Gasteiger partial charge is 0.497 e. The zero-order valence-corrected chi connectivity index (χ0v) is 18.9. The molecule has 3 aromatic rings. The number of ketones is 1. The van der Waals surface area contributed by atoms with E-state index in [4.69, 9.17) is 9.47 Å². The SMILES string of the molecule is COc1ccc(C(=O)COC(=O)c2ccc(N3C(=O)CC(Sc4ncccn4)C3=O)cc2)cc1. The van der Waals surface area contributed by atoms with E-state index in [1.54, 1.807) is 42.7 Å². The number of benzene rings is 2. The first-order valence-electron chi connectivity index (χ1n) is 10.2. The molecule has 0 aliphatic carbocycles. The summed E-state index contributed by atoms with van der Waals surface area (Å²) in [6, 6.07) is 14.0. The molecule has 0 saturated carbocycles. The second-order valence-electron chi connectivity index (χ2n) is 7.18. The number of hydrogen-bond donors (Lipinski definition) is 0. The van der Waals surface area contributed by atoms with Gasteiger partial charge in [0.2, 0.25) is 11.8 Å². The summed E-state index contributed by atoms with van der Waals surface area (Å²) >= 11 is 1.13. The van der Waals surface area contributed by atoms with Gasteiger partial charge in [0.1, 0.15) is 11.0 Å². The van der Waals surface area contributed by atoms with Gasteiger partial charge in [-0.15, -0.1) is 0 Å². The van der Waals surface area contributed by atoms with E-state index in [0.717, 1.165) is 16.7 Å². The maximum atomic E-state index is 12.8. The lowest BCUT2D eigenvalue weighted by atomic mass is 10.1. The average Bonchev–Trinajstić information content (AvgIpc) is 3.15. The zero-order valence-electron chi connectivity index (χ0n) is 18.0. The summed E-state index contributed by atoms with van der Waals surface area (Å²) in [6.07, 6.45) is 3.16. The highest BCUT2D eigenvalue weighted by atomic mass is 32.2. The van der Waals surface area contributed by atoms with E-state index in [1.807, 2.05) is 0 Å². The number of carbonyl (C=O) groups excluding carboxylic acids is 4. The van der Waals surface area contributed by atoms with Crippen molar-refractivity contribution in [1.82, 2.24) is 9.97 Å². The number of Topliss-reactive ketones (excluding diaryl/α,β-unsaturated/α-hetero) is 1. The number of aromatic nitrogens is 2. The van der Waals surface area contributed by atoms with Crippen LogP contribution in [0.25, 0.3) is 0 Å². The van der Waals surface area contributed by atoms with Crippen LogP contribution in [0, 0.1) is 0 Å². The number of carbonyl (C=O) groups is 4. The quantitative estimate of drug-likeness (QED) is 0.209. The van der Waals surface area contributed by atoms with Crippen molar-refractivity contribution in [2.24, 2.45) is 0 Å². The fraction of sp³-hybridized carbons (Fsp3) is 0.167. The molecule has 1 saturated heterocycles. The van der Waals surface area contributed by atoms with Crippen LogP contribution in [0.2, 0.25) is 0 Å². The maximum Gasteiger partial charge on any atom is 0.338 e. The van der Waals surface area contributed by atoms with Gasteiger partial charge in [0.05, 0.1) is 18.4 Å². The summed E-state index contributed by atoms with van der Waals surface area (Å²) < 4.78 is 10.2. The van der Waals surface area contributed by atoms with Crippen molar-refractivity contribution in [3.8, 4) is 5.75 Å². The van der Waals surface area contributed by atoms with Crippen molar-refractivity contribution < 1.29 is 28.7 Å². The summed E-state index contributed by atoms with van der Waals surface area (Å²) in [7, 11) is 1.52. The van der Waals surface area contributed by atoms with Gasteiger partial charge in [-0.3, -0.25) is 14.4 Å². The van der Waals surface area contributed by atoms with Crippen molar-refractivity contribution in [3.05, 3.63) is 78.1 Å². The van der Waals surface area contributed by atoms with Gasteiger partial charge in [-0.05, 0) is 54.6 Å². The van der Waals surface area contributed by atoms with Crippen molar-refractivity contribution in [3.63, 3.8) is 0 Å². The number of hydrogen-bond acceptors (Lipinski definition) is 9. The van der Waals surface area contributed by atoms with Gasteiger partial charge in [-0.2, -0.15) is 0 Å². The van der Waals surface area contributed by atoms with E-state index in [-0.39, 0.29) is 29.6 Å². The standard InChI is InChI=1S/C24H19N3O6S/c1-32-18-9-5-15(6-10-18)19(28)14-33-23(31)16-3-7-17(8-4-16)27-21(29)13-20(22(27)30)34-24-25-11-2-12-26-24/h2-12,20H,13-14H2,1H3. The Morgan fingerprint density at radius 2 is 1.65 bits per heavy atom. The zero-order chi connectivity index (χ0) is 24.1. The van der Waals surface area contributed by atoms with E-state index in [2.05, 4.69) is 9.97 Å². The summed E-state index contributed by atoms with van der Waals surface area (Å²) in [6.45, 7) is -0.420. The predicted molar refractivity (Wildman–Crippen MR) is 123 cm³/mol. The third-order valence-corrected chi connectivity index (χ3v) is 6.08. The van der Waals surface area contributed by atoms with Gasteiger partial charge < -0.3 is 9.47 Å². The lowest BCUT2D eigenvalue weighted by Gasteiger charge is -2.15. The van der Waals surface area contributed by atoms with Gasteiger partial charge in [-0.25, -0.2) is 19.7 Å². The number of methoxy groups -OCH3 is 1. The molecule has 2 aromatic carbocycles. The second-order valence-corrected chi connectivity index (χ2v) is 8.35. The molecule has 172 valence electrons. The fourth-order valence-corrected chi connectivity index (χ4v) is 4.19. The Morgan fingerprint density at radius 1 is 1.00 bits per heavy atom. The van der Waals surface area contributed by atoms with Gasteiger partial charge in [0.25, 0.3) is 0 Å². The molecule has 34 heavy (non-hydrogen) atoms. The number of thioether (sulfide) groups is 1. The Bertz CT molecular complexity index is 1220. The maximum absolute atomic E-state index is 12.8. The Kier molecular flexibility index (Phi) is 6.98. The van der Waals surface area contributed by atoms with Crippen LogP contribution in [-0.4, -0.2) is 52.5 Å². The minimum Gasteiger partial charge on any atom is -0.497 e. The van der Waals surface area contributed by atoms with Gasteiger partial charge >= 0.3 is 5.97 Å². The highest BCUT2D eigenvalue weighted by Crippen LogP contribution is 2.32. The lowest BCUT2D eigenvalue weighted by molar-refractivity contribution is -0.121. The number of amides is 2. The molecule has 2 amide bonds.